The van der Waals surface area contributed by atoms with Gasteiger partial charge in [0.15, 0.2) is 5.13 Å². The van der Waals surface area contributed by atoms with E-state index in [0.29, 0.717) is 16.7 Å². The van der Waals surface area contributed by atoms with Gasteiger partial charge in [0.2, 0.25) is 0 Å². The molecule has 7 nitrogen and oxygen atoms in total. The van der Waals surface area contributed by atoms with E-state index in [9.17, 15) is 9.59 Å². The van der Waals surface area contributed by atoms with Crippen LogP contribution in [0.5, 0.6) is 0 Å². The van der Waals surface area contributed by atoms with Gasteiger partial charge in [-0.1, -0.05) is 18.2 Å². The number of nitrogens with one attached hydrogen (secondary N) is 2. The van der Waals surface area contributed by atoms with Gasteiger partial charge in [-0.05, 0) is 48.5 Å². The molecule has 156 valence electrons. The normalized spacial score (nSPS) is 10.8. The number of anilines is 3. The van der Waals surface area contributed by atoms with Gasteiger partial charge in [-0.3, -0.25) is 9.78 Å². The Kier molecular flexibility index (Phi) is 5.19. The van der Waals surface area contributed by atoms with Crippen molar-refractivity contribution in [2.75, 3.05) is 10.6 Å². The van der Waals surface area contributed by atoms with E-state index < -0.39 is 11.5 Å². The molecule has 0 radical (unpaired) electrons. The Morgan fingerprint density at radius 3 is 2.50 bits per heavy atom. The maximum absolute atomic E-state index is 12.6. The van der Waals surface area contributed by atoms with E-state index >= 15 is 0 Å². The lowest BCUT2D eigenvalue weighted by molar-refractivity contribution is 0.102. The lowest BCUT2D eigenvalue weighted by atomic mass is 10.1. The summed E-state index contributed by atoms with van der Waals surface area (Å²) >= 11 is 1.50. The van der Waals surface area contributed by atoms with Crippen molar-refractivity contribution in [1.29, 1.82) is 0 Å². The average molecular weight is 440 g/mol. The summed E-state index contributed by atoms with van der Waals surface area (Å²) in [7, 11) is 0. The molecule has 32 heavy (non-hydrogen) atoms. The topological polar surface area (TPSA) is 97.1 Å². The van der Waals surface area contributed by atoms with Gasteiger partial charge in [0.25, 0.3) is 5.91 Å². The largest absolute Gasteiger partial charge is 0.422 e. The highest BCUT2D eigenvalue weighted by molar-refractivity contribution is 7.14. The number of hydrogen-bond acceptors (Lipinski definition) is 7. The predicted molar refractivity (Wildman–Crippen MR) is 126 cm³/mol. The lowest BCUT2D eigenvalue weighted by Gasteiger charge is -2.07. The van der Waals surface area contributed by atoms with Crippen LogP contribution in [-0.4, -0.2) is 15.9 Å². The van der Waals surface area contributed by atoms with E-state index in [1.165, 1.54) is 17.4 Å². The highest BCUT2D eigenvalue weighted by Gasteiger charge is 2.14. The van der Waals surface area contributed by atoms with Crippen molar-refractivity contribution in [2.24, 2.45) is 0 Å². The second kappa shape index (κ2) is 8.44. The third kappa shape index (κ3) is 4.12. The zero-order chi connectivity index (χ0) is 21.9. The number of para-hydroxylation sites is 1. The van der Waals surface area contributed by atoms with Gasteiger partial charge in [-0.15, -0.1) is 11.3 Å². The number of nitrogens with zero attached hydrogens (tertiary/aromatic N) is 2. The van der Waals surface area contributed by atoms with Crippen LogP contribution in [0, 0.1) is 0 Å². The number of benzene rings is 2. The number of amides is 1. The molecule has 0 saturated heterocycles. The minimum Gasteiger partial charge on any atom is -0.422 e. The first-order valence-corrected chi connectivity index (χ1v) is 10.6. The zero-order valence-electron chi connectivity index (χ0n) is 16.6. The van der Waals surface area contributed by atoms with Crippen LogP contribution in [0.3, 0.4) is 0 Å². The van der Waals surface area contributed by atoms with Gasteiger partial charge in [0.1, 0.15) is 11.1 Å². The van der Waals surface area contributed by atoms with Gasteiger partial charge < -0.3 is 15.1 Å². The summed E-state index contributed by atoms with van der Waals surface area (Å²) in [4.78, 5) is 33.4. The molecule has 0 spiro atoms. The first kappa shape index (κ1) is 19.7. The van der Waals surface area contributed by atoms with Crippen LogP contribution in [0.2, 0.25) is 0 Å². The summed E-state index contributed by atoms with van der Waals surface area (Å²) in [6.07, 6.45) is 3.47. The molecule has 5 aromatic rings. The molecule has 3 heterocycles. The number of pyridine rings is 1. The fourth-order valence-electron chi connectivity index (χ4n) is 3.17. The fourth-order valence-corrected chi connectivity index (χ4v) is 3.91. The molecule has 0 unspecified atom stereocenters. The third-order valence-corrected chi connectivity index (χ3v) is 5.52. The Labute approximate surface area is 186 Å². The molecule has 2 N–H and O–H groups in total. The number of fused-ring (bicyclic) bond motifs is 1. The summed E-state index contributed by atoms with van der Waals surface area (Å²) in [6.45, 7) is 0. The second-order valence-electron chi connectivity index (χ2n) is 6.92. The van der Waals surface area contributed by atoms with Gasteiger partial charge in [-0.2, -0.15) is 0 Å². The average Bonchev–Trinajstić information content (AvgIpc) is 3.29. The van der Waals surface area contributed by atoms with Crippen LogP contribution >= 0.6 is 11.3 Å². The summed E-state index contributed by atoms with van der Waals surface area (Å²) in [5.74, 6) is -0.521. The van der Waals surface area contributed by atoms with Crippen LogP contribution in [0.15, 0.2) is 93.7 Å². The van der Waals surface area contributed by atoms with Gasteiger partial charge in [-0.25, -0.2) is 9.78 Å². The van der Waals surface area contributed by atoms with Crippen molar-refractivity contribution in [3.63, 3.8) is 0 Å². The van der Waals surface area contributed by atoms with Crippen molar-refractivity contribution in [3.05, 3.63) is 100 Å². The van der Waals surface area contributed by atoms with Crippen LogP contribution in [0.4, 0.5) is 16.5 Å². The molecule has 0 bridgehead atoms. The van der Waals surface area contributed by atoms with Gasteiger partial charge in [0, 0.05) is 40.1 Å². The van der Waals surface area contributed by atoms with Crippen LogP contribution in [0.1, 0.15) is 10.4 Å². The van der Waals surface area contributed by atoms with Crippen LogP contribution in [-0.2, 0) is 0 Å². The SMILES string of the molecule is O=C(Nc1ccc(Nc2nc(-c3ccncc3)cs2)cc1)c1cc2ccccc2oc1=O. The Morgan fingerprint density at radius 1 is 0.938 bits per heavy atom. The molecular formula is C24H16N4O3S. The fraction of sp³-hybridized carbons (Fsp3) is 0. The maximum Gasteiger partial charge on any atom is 0.349 e. The van der Waals surface area contributed by atoms with E-state index in [0.717, 1.165) is 22.1 Å². The minimum atomic E-state index is -0.673. The van der Waals surface area contributed by atoms with E-state index in [4.69, 9.17) is 4.42 Å². The summed E-state index contributed by atoms with van der Waals surface area (Å²) in [5, 5.41) is 9.40. The summed E-state index contributed by atoms with van der Waals surface area (Å²) < 4.78 is 5.24. The molecule has 0 fully saturated rings. The monoisotopic (exact) mass is 440 g/mol. The number of thiazole rings is 1. The van der Waals surface area contributed by atoms with Crippen molar-refractivity contribution in [3.8, 4) is 11.3 Å². The second-order valence-corrected chi connectivity index (χ2v) is 7.77. The van der Waals surface area contributed by atoms with Crippen LogP contribution < -0.4 is 16.3 Å². The van der Waals surface area contributed by atoms with E-state index in [1.807, 2.05) is 35.7 Å². The quantitative estimate of drug-likeness (QED) is 0.360. The predicted octanol–water partition coefficient (Wildman–Crippen LogP) is 5.31. The number of carbonyl (C=O) groups excluding carboxylic acids is 1. The maximum atomic E-state index is 12.6. The zero-order valence-corrected chi connectivity index (χ0v) is 17.4. The smallest absolute Gasteiger partial charge is 0.349 e. The van der Waals surface area contributed by atoms with Gasteiger partial charge >= 0.3 is 5.63 Å². The highest BCUT2D eigenvalue weighted by Crippen LogP contribution is 2.27. The molecule has 3 aromatic heterocycles. The summed E-state index contributed by atoms with van der Waals surface area (Å²) in [5.41, 5.74) is 2.98. The number of carbonyl (C=O) groups is 1. The first-order valence-electron chi connectivity index (χ1n) is 9.73. The van der Waals surface area contributed by atoms with Crippen LogP contribution in [0.25, 0.3) is 22.2 Å². The molecule has 0 atom stereocenters. The molecule has 8 heteroatoms. The van der Waals surface area contributed by atoms with E-state index in [2.05, 4.69) is 20.6 Å². The standard InChI is InChI=1S/C24H16N4O3S/c29-22(19-13-16-3-1-2-4-21(16)31-23(19)30)26-17-5-7-18(8-6-17)27-24-28-20(14-32-24)15-9-11-25-12-10-15/h1-14H,(H,26,29)(H,27,28). The minimum absolute atomic E-state index is 0.0441. The molecule has 0 aliphatic carbocycles. The highest BCUT2D eigenvalue weighted by atomic mass is 32.1. The molecule has 0 saturated carbocycles. The van der Waals surface area contributed by atoms with E-state index in [1.54, 1.807) is 42.7 Å². The molecule has 0 aliphatic heterocycles. The Morgan fingerprint density at radius 2 is 1.69 bits per heavy atom. The molecule has 0 aliphatic rings. The Balaban J connectivity index is 1.28. The van der Waals surface area contributed by atoms with E-state index in [-0.39, 0.29) is 5.56 Å². The third-order valence-electron chi connectivity index (χ3n) is 4.76. The van der Waals surface area contributed by atoms with Crippen molar-refractivity contribution >= 4 is 44.7 Å². The number of aromatic nitrogens is 2. The molecule has 1 amide bonds. The lowest BCUT2D eigenvalue weighted by Crippen LogP contribution is -2.20. The Bertz CT molecular complexity index is 1460. The first-order chi connectivity index (χ1) is 15.7. The van der Waals surface area contributed by atoms with Crippen molar-refractivity contribution in [1.82, 2.24) is 9.97 Å². The molecule has 2 aromatic carbocycles. The Hall–Kier alpha value is -4.30. The molecule has 5 rings (SSSR count). The number of hydrogen-bond donors (Lipinski definition) is 2. The van der Waals surface area contributed by atoms with Crippen molar-refractivity contribution < 1.29 is 9.21 Å². The van der Waals surface area contributed by atoms with Gasteiger partial charge in [0.05, 0.1) is 5.69 Å². The summed E-state index contributed by atoms with van der Waals surface area (Å²) in [6, 6.07) is 19.6. The molecular weight excluding hydrogens is 424 g/mol. The van der Waals surface area contributed by atoms with Crippen molar-refractivity contribution in [2.45, 2.75) is 0 Å². The number of rotatable bonds is 5.